The van der Waals surface area contributed by atoms with E-state index in [9.17, 15) is 9.59 Å². The molecule has 1 aliphatic rings. The van der Waals surface area contributed by atoms with Gasteiger partial charge in [0.1, 0.15) is 10.9 Å². The van der Waals surface area contributed by atoms with Gasteiger partial charge in [0, 0.05) is 6.54 Å². The number of anilines is 1. The van der Waals surface area contributed by atoms with Gasteiger partial charge in [-0.05, 0) is 32.4 Å². The lowest BCUT2D eigenvalue weighted by molar-refractivity contribution is -0.118. The first kappa shape index (κ1) is 16.0. The molecular formula is C16H16ClN3O2S. The van der Waals surface area contributed by atoms with Crippen molar-refractivity contribution in [3.8, 4) is 0 Å². The zero-order chi connectivity index (χ0) is 16.6. The molecule has 0 spiro atoms. The second kappa shape index (κ2) is 6.29. The maximum atomic E-state index is 12.6. The molecule has 1 aromatic carbocycles. The van der Waals surface area contributed by atoms with E-state index in [0.717, 1.165) is 5.01 Å². The normalized spacial score (nSPS) is 17.6. The van der Waals surface area contributed by atoms with Gasteiger partial charge in [-0.25, -0.2) is 4.98 Å². The molecule has 1 fully saturated rings. The molecule has 0 saturated carbocycles. The number of aryl methyl sites for hydroxylation is 2. The monoisotopic (exact) mass is 349 g/mol. The molecule has 0 radical (unpaired) electrons. The summed E-state index contributed by atoms with van der Waals surface area (Å²) in [6, 6.07) is 6.69. The number of para-hydroxylation sites is 1. The number of halogens is 1. The third kappa shape index (κ3) is 3.09. The molecule has 7 heteroatoms. The van der Waals surface area contributed by atoms with Crippen LogP contribution in [0.25, 0.3) is 0 Å². The SMILES string of the molecule is Cc1nc(C)c(C(=O)NC2CCN(c3ccccc3Cl)C2=O)s1. The largest absolute Gasteiger partial charge is 0.339 e. The van der Waals surface area contributed by atoms with Crippen molar-refractivity contribution in [3.05, 3.63) is 44.9 Å². The third-order valence-corrected chi connectivity index (χ3v) is 5.16. The van der Waals surface area contributed by atoms with Crippen LogP contribution >= 0.6 is 22.9 Å². The van der Waals surface area contributed by atoms with Crippen LogP contribution in [0, 0.1) is 13.8 Å². The molecule has 1 saturated heterocycles. The molecule has 1 aromatic heterocycles. The summed E-state index contributed by atoms with van der Waals surface area (Å²) in [6.45, 7) is 4.19. The van der Waals surface area contributed by atoms with Crippen molar-refractivity contribution in [2.24, 2.45) is 0 Å². The molecule has 0 bridgehead atoms. The third-order valence-electron chi connectivity index (χ3n) is 3.76. The molecule has 1 N–H and O–H groups in total. The number of nitrogens with zero attached hydrogens (tertiary/aromatic N) is 2. The van der Waals surface area contributed by atoms with Crippen molar-refractivity contribution in [2.45, 2.75) is 26.3 Å². The van der Waals surface area contributed by atoms with Crippen molar-refractivity contribution >= 4 is 40.4 Å². The van der Waals surface area contributed by atoms with Crippen molar-refractivity contribution < 1.29 is 9.59 Å². The second-order valence-corrected chi connectivity index (χ2v) is 7.01. The van der Waals surface area contributed by atoms with Crippen LogP contribution in [0.3, 0.4) is 0 Å². The fourth-order valence-electron chi connectivity index (χ4n) is 2.69. The molecule has 0 aliphatic carbocycles. The number of aromatic nitrogens is 1. The van der Waals surface area contributed by atoms with Crippen LogP contribution in [-0.2, 0) is 4.79 Å². The van der Waals surface area contributed by atoms with E-state index in [1.807, 2.05) is 19.1 Å². The standard InChI is InChI=1S/C16H16ClN3O2S/c1-9-14(23-10(2)18-9)15(21)19-12-7-8-20(16(12)22)13-6-4-3-5-11(13)17/h3-6,12H,7-8H2,1-2H3,(H,19,21). The molecule has 3 rings (SSSR count). The highest BCUT2D eigenvalue weighted by molar-refractivity contribution is 7.13. The lowest BCUT2D eigenvalue weighted by atomic mass is 10.2. The fourth-order valence-corrected chi connectivity index (χ4v) is 3.75. The highest BCUT2D eigenvalue weighted by atomic mass is 35.5. The Labute approximate surface area is 143 Å². The Hall–Kier alpha value is -1.92. The molecular weight excluding hydrogens is 334 g/mol. The molecule has 23 heavy (non-hydrogen) atoms. The van der Waals surface area contributed by atoms with E-state index < -0.39 is 6.04 Å². The minimum absolute atomic E-state index is 0.134. The number of rotatable bonds is 3. The summed E-state index contributed by atoms with van der Waals surface area (Å²) in [5.74, 6) is -0.377. The van der Waals surface area contributed by atoms with E-state index in [-0.39, 0.29) is 11.8 Å². The van der Waals surface area contributed by atoms with E-state index in [4.69, 9.17) is 11.6 Å². The first-order valence-electron chi connectivity index (χ1n) is 7.28. The molecule has 120 valence electrons. The number of hydrogen-bond acceptors (Lipinski definition) is 4. The van der Waals surface area contributed by atoms with Crippen LogP contribution in [0.1, 0.15) is 26.8 Å². The Balaban J connectivity index is 1.74. The highest BCUT2D eigenvalue weighted by Crippen LogP contribution is 2.29. The smallest absolute Gasteiger partial charge is 0.263 e. The van der Waals surface area contributed by atoms with Gasteiger partial charge in [0.15, 0.2) is 0 Å². The molecule has 2 aromatic rings. The number of benzene rings is 1. The summed E-state index contributed by atoms with van der Waals surface area (Å²) < 4.78 is 0. The number of amides is 2. The average Bonchev–Trinajstić information content (AvgIpc) is 3.03. The maximum absolute atomic E-state index is 12.6. The Morgan fingerprint density at radius 3 is 2.78 bits per heavy atom. The van der Waals surface area contributed by atoms with Gasteiger partial charge in [-0.1, -0.05) is 23.7 Å². The molecule has 2 amide bonds. The zero-order valence-corrected chi connectivity index (χ0v) is 14.4. The Kier molecular flexibility index (Phi) is 4.37. The van der Waals surface area contributed by atoms with E-state index >= 15 is 0 Å². The minimum Gasteiger partial charge on any atom is -0.339 e. The van der Waals surface area contributed by atoms with Crippen molar-refractivity contribution in [2.75, 3.05) is 11.4 Å². The van der Waals surface area contributed by atoms with Crippen LogP contribution in [0.5, 0.6) is 0 Å². The van der Waals surface area contributed by atoms with Crippen LogP contribution in [0.2, 0.25) is 5.02 Å². The van der Waals surface area contributed by atoms with Gasteiger partial charge >= 0.3 is 0 Å². The Bertz CT molecular complexity index is 774. The van der Waals surface area contributed by atoms with Gasteiger partial charge in [-0.2, -0.15) is 0 Å². The van der Waals surface area contributed by atoms with E-state index in [1.54, 1.807) is 24.0 Å². The molecule has 1 atom stereocenters. The topological polar surface area (TPSA) is 62.3 Å². The summed E-state index contributed by atoms with van der Waals surface area (Å²) in [7, 11) is 0. The zero-order valence-electron chi connectivity index (χ0n) is 12.8. The van der Waals surface area contributed by atoms with Gasteiger partial charge in [-0.15, -0.1) is 11.3 Å². The van der Waals surface area contributed by atoms with Crippen molar-refractivity contribution in [3.63, 3.8) is 0 Å². The van der Waals surface area contributed by atoms with Gasteiger partial charge in [-0.3, -0.25) is 9.59 Å². The first-order valence-corrected chi connectivity index (χ1v) is 8.47. The van der Waals surface area contributed by atoms with Crippen molar-refractivity contribution in [1.29, 1.82) is 0 Å². The van der Waals surface area contributed by atoms with Gasteiger partial charge in [0.05, 0.1) is 21.4 Å². The number of nitrogens with one attached hydrogen (secondary N) is 1. The van der Waals surface area contributed by atoms with Crippen molar-refractivity contribution in [1.82, 2.24) is 10.3 Å². The Morgan fingerprint density at radius 2 is 2.13 bits per heavy atom. The highest BCUT2D eigenvalue weighted by Gasteiger charge is 2.35. The predicted octanol–water partition coefficient (Wildman–Crippen LogP) is 2.95. The van der Waals surface area contributed by atoms with Gasteiger partial charge in [0.25, 0.3) is 5.91 Å². The number of carbonyl (C=O) groups is 2. The summed E-state index contributed by atoms with van der Waals surface area (Å²) in [5, 5.41) is 4.18. The van der Waals surface area contributed by atoms with E-state index in [1.165, 1.54) is 11.3 Å². The number of hydrogen-bond donors (Lipinski definition) is 1. The number of carbonyl (C=O) groups excluding carboxylic acids is 2. The number of thiazole rings is 1. The Morgan fingerprint density at radius 1 is 1.39 bits per heavy atom. The van der Waals surface area contributed by atoms with Crippen LogP contribution in [0.15, 0.2) is 24.3 Å². The summed E-state index contributed by atoms with van der Waals surface area (Å²) >= 11 is 7.49. The first-order chi connectivity index (χ1) is 11.0. The molecule has 2 heterocycles. The fraction of sp³-hybridized carbons (Fsp3) is 0.312. The average molecular weight is 350 g/mol. The van der Waals surface area contributed by atoms with Crippen LogP contribution in [-0.4, -0.2) is 29.4 Å². The molecule has 1 unspecified atom stereocenters. The summed E-state index contributed by atoms with van der Waals surface area (Å²) in [5.41, 5.74) is 1.37. The predicted molar refractivity (Wildman–Crippen MR) is 91.3 cm³/mol. The second-order valence-electron chi connectivity index (χ2n) is 5.40. The van der Waals surface area contributed by atoms with Gasteiger partial charge < -0.3 is 10.2 Å². The van der Waals surface area contributed by atoms with Crippen LogP contribution in [0.4, 0.5) is 5.69 Å². The van der Waals surface area contributed by atoms with Crippen LogP contribution < -0.4 is 10.2 Å². The summed E-state index contributed by atoms with van der Waals surface area (Å²) in [4.78, 5) is 31.3. The van der Waals surface area contributed by atoms with Gasteiger partial charge in [0.2, 0.25) is 5.91 Å². The molecule has 1 aliphatic heterocycles. The maximum Gasteiger partial charge on any atom is 0.263 e. The minimum atomic E-state index is -0.527. The lowest BCUT2D eigenvalue weighted by Gasteiger charge is -2.18. The van der Waals surface area contributed by atoms with E-state index in [0.29, 0.717) is 34.2 Å². The summed E-state index contributed by atoms with van der Waals surface area (Å²) in [6.07, 6.45) is 0.562. The van der Waals surface area contributed by atoms with E-state index in [2.05, 4.69) is 10.3 Å². The molecule has 5 nitrogen and oxygen atoms in total. The lowest BCUT2D eigenvalue weighted by Crippen LogP contribution is -2.41. The quantitative estimate of drug-likeness (QED) is 0.926.